The third-order valence-electron chi connectivity index (χ3n) is 3.45. The molecule has 1 fully saturated rings. The number of hydrogen-bond donors (Lipinski definition) is 1. The summed E-state index contributed by atoms with van der Waals surface area (Å²) in [7, 11) is 0. The van der Waals surface area contributed by atoms with Crippen LogP contribution in [-0.2, 0) is 11.3 Å². The van der Waals surface area contributed by atoms with E-state index >= 15 is 0 Å². The van der Waals surface area contributed by atoms with E-state index in [4.69, 9.17) is 10.5 Å². The van der Waals surface area contributed by atoms with Crippen molar-refractivity contribution in [2.24, 2.45) is 0 Å². The number of rotatable bonds is 4. The maximum atomic E-state index is 5.88. The normalized spacial score (nSPS) is 16.9. The highest BCUT2D eigenvalue weighted by Crippen LogP contribution is 2.18. The number of ether oxygens (including phenoxy) is 1. The Balaban J connectivity index is 1.65. The Morgan fingerprint density at radius 3 is 2.85 bits per heavy atom. The summed E-state index contributed by atoms with van der Waals surface area (Å²) in [6.07, 6.45) is 2.78. The molecule has 2 N–H and O–H groups in total. The van der Waals surface area contributed by atoms with Crippen LogP contribution >= 0.6 is 22.6 Å². The first-order valence-electron chi connectivity index (χ1n) is 6.68. The Kier molecular flexibility index (Phi) is 4.32. The van der Waals surface area contributed by atoms with Crippen LogP contribution in [0.25, 0.3) is 11.0 Å². The van der Waals surface area contributed by atoms with Gasteiger partial charge in [0.2, 0.25) is 0 Å². The zero-order valence-corrected chi connectivity index (χ0v) is 13.3. The molecule has 1 saturated heterocycles. The van der Waals surface area contributed by atoms with Crippen molar-refractivity contribution in [1.29, 1.82) is 0 Å². The van der Waals surface area contributed by atoms with Crippen molar-refractivity contribution in [2.45, 2.75) is 13.0 Å². The fourth-order valence-corrected chi connectivity index (χ4v) is 2.87. The maximum absolute atomic E-state index is 5.88. The molecule has 7 nitrogen and oxygen atoms in total. The second kappa shape index (κ2) is 6.19. The zero-order valence-electron chi connectivity index (χ0n) is 11.1. The van der Waals surface area contributed by atoms with Gasteiger partial charge in [-0.1, -0.05) is 0 Å². The molecule has 0 bridgehead atoms. The smallest absolute Gasteiger partial charge is 0.194 e. The number of halogens is 1. The summed E-state index contributed by atoms with van der Waals surface area (Å²) in [4.78, 5) is 11.0. The van der Waals surface area contributed by atoms with E-state index in [1.807, 2.05) is 4.68 Å². The largest absolute Gasteiger partial charge is 0.383 e. The molecule has 0 atom stereocenters. The number of aromatic nitrogens is 4. The van der Waals surface area contributed by atoms with Crippen molar-refractivity contribution >= 4 is 39.4 Å². The molecule has 2 aromatic heterocycles. The van der Waals surface area contributed by atoms with E-state index in [0.717, 1.165) is 56.8 Å². The Bertz CT molecular complexity index is 595. The first-order chi connectivity index (χ1) is 9.74. The van der Waals surface area contributed by atoms with E-state index in [0.29, 0.717) is 9.65 Å². The molecule has 8 heteroatoms. The lowest BCUT2D eigenvalue weighted by Crippen LogP contribution is -2.37. The Hall–Kier alpha value is -1.00. The van der Waals surface area contributed by atoms with Gasteiger partial charge in [-0.25, -0.2) is 14.6 Å². The summed E-state index contributed by atoms with van der Waals surface area (Å²) >= 11 is 2.08. The molecule has 3 heterocycles. The number of fused-ring (bicyclic) bond motifs is 1. The summed E-state index contributed by atoms with van der Waals surface area (Å²) in [5.41, 5.74) is 6.71. The minimum Gasteiger partial charge on any atom is -0.383 e. The highest BCUT2D eigenvalue weighted by atomic mass is 127. The van der Waals surface area contributed by atoms with E-state index in [-0.39, 0.29) is 0 Å². The van der Waals surface area contributed by atoms with Gasteiger partial charge in [0.15, 0.2) is 9.48 Å². The lowest BCUT2D eigenvalue weighted by atomic mass is 10.3. The first-order valence-corrected chi connectivity index (χ1v) is 7.76. The van der Waals surface area contributed by atoms with Crippen molar-refractivity contribution in [3.05, 3.63) is 10.0 Å². The van der Waals surface area contributed by atoms with E-state index in [9.17, 15) is 0 Å². The second-order valence-electron chi connectivity index (χ2n) is 4.79. The molecule has 0 unspecified atom stereocenters. The van der Waals surface area contributed by atoms with Gasteiger partial charge >= 0.3 is 0 Å². The molecule has 20 heavy (non-hydrogen) atoms. The van der Waals surface area contributed by atoms with Crippen LogP contribution < -0.4 is 5.73 Å². The van der Waals surface area contributed by atoms with Crippen LogP contribution in [0, 0.1) is 3.83 Å². The van der Waals surface area contributed by atoms with Crippen molar-refractivity contribution in [2.75, 3.05) is 38.6 Å². The molecular formula is C12H17IN6O. The number of nitrogens with two attached hydrogens (primary N) is 1. The third kappa shape index (κ3) is 3.01. The molecule has 0 amide bonds. The number of morpholine rings is 1. The topological polar surface area (TPSA) is 82.1 Å². The van der Waals surface area contributed by atoms with Crippen molar-refractivity contribution in [3.8, 4) is 0 Å². The SMILES string of the molecule is Nc1nc(I)nc2c1cnn2CCCN1CCOCC1. The summed E-state index contributed by atoms with van der Waals surface area (Å²) in [5.74, 6) is 0.499. The molecule has 3 rings (SSSR count). The quantitative estimate of drug-likeness (QED) is 0.615. The predicted molar refractivity (Wildman–Crippen MR) is 84.3 cm³/mol. The molecule has 0 radical (unpaired) electrons. The minimum absolute atomic E-state index is 0.499. The monoisotopic (exact) mass is 388 g/mol. The van der Waals surface area contributed by atoms with Gasteiger partial charge in [0.25, 0.3) is 0 Å². The van der Waals surface area contributed by atoms with Crippen molar-refractivity contribution in [1.82, 2.24) is 24.6 Å². The molecule has 1 aliphatic heterocycles. The standard InChI is InChI=1S/C12H17IN6O/c13-12-16-10(14)9-8-15-19(11(9)17-12)3-1-2-18-4-6-20-7-5-18/h8H,1-7H2,(H2,14,16,17). The predicted octanol–water partition coefficient (Wildman–Crippen LogP) is 0.735. The molecule has 0 aliphatic carbocycles. The second-order valence-corrected chi connectivity index (χ2v) is 5.76. The molecule has 0 aromatic carbocycles. The lowest BCUT2D eigenvalue weighted by molar-refractivity contribution is 0.0368. The number of nitrogen functional groups attached to an aromatic ring is 1. The van der Waals surface area contributed by atoms with Crippen LogP contribution in [0.4, 0.5) is 5.82 Å². The summed E-state index contributed by atoms with van der Waals surface area (Å²) in [6.45, 7) is 5.62. The number of anilines is 1. The number of nitrogens with zero attached hydrogens (tertiary/aromatic N) is 5. The average molecular weight is 388 g/mol. The van der Waals surface area contributed by atoms with Crippen LogP contribution in [0.1, 0.15) is 6.42 Å². The molecule has 1 aliphatic rings. The van der Waals surface area contributed by atoms with E-state index in [1.54, 1.807) is 6.20 Å². The Labute approximate surface area is 130 Å². The molecule has 0 saturated carbocycles. The van der Waals surface area contributed by atoms with Gasteiger partial charge in [-0.3, -0.25) is 4.90 Å². The van der Waals surface area contributed by atoms with Crippen molar-refractivity contribution < 1.29 is 4.74 Å². The summed E-state index contributed by atoms with van der Waals surface area (Å²) < 4.78 is 7.91. The average Bonchev–Trinajstić information content (AvgIpc) is 2.83. The van der Waals surface area contributed by atoms with Gasteiger partial charge in [-0.15, -0.1) is 0 Å². The van der Waals surface area contributed by atoms with Gasteiger partial charge in [-0.05, 0) is 6.42 Å². The van der Waals surface area contributed by atoms with Crippen LogP contribution in [-0.4, -0.2) is 57.5 Å². The van der Waals surface area contributed by atoms with E-state index < -0.39 is 0 Å². The molecule has 0 spiro atoms. The number of aryl methyl sites for hydroxylation is 1. The molecule has 2 aromatic rings. The highest BCUT2D eigenvalue weighted by molar-refractivity contribution is 14.1. The van der Waals surface area contributed by atoms with Gasteiger partial charge in [0.1, 0.15) is 5.82 Å². The van der Waals surface area contributed by atoms with E-state index in [1.165, 1.54) is 0 Å². The van der Waals surface area contributed by atoms with Crippen LogP contribution in [0.5, 0.6) is 0 Å². The summed E-state index contributed by atoms with van der Waals surface area (Å²) in [5, 5.41) is 5.20. The Morgan fingerprint density at radius 2 is 2.05 bits per heavy atom. The van der Waals surface area contributed by atoms with Gasteiger partial charge < -0.3 is 10.5 Å². The number of hydrogen-bond acceptors (Lipinski definition) is 6. The highest BCUT2D eigenvalue weighted by Gasteiger charge is 2.12. The lowest BCUT2D eigenvalue weighted by Gasteiger charge is -2.26. The molecular weight excluding hydrogens is 371 g/mol. The van der Waals surface area contributed by atoms with Crippen LogP contribution in [0.2, 0.25) is 0 Å². The first kappa shape index (κ1) is 14.0. The minimum atomic E-state index is 0.499. The van der Waals surface area contributed by atoms with Gasteiger partial charge in [0, 0.05) is 48.8 Å². The fourth-order valence-electron chi connectivity index (χ4n) is 2.38. The van der Waals surface area contributed by atoms with Crippen LogP contribution in [0.15, 0.2) is 6.20 Å². The fraction of sp³-hybridized carbons (Fsp3) is 0.583. The zero-order chi connectivity index (χ0) is 13.9. The molecule has 108 valence electrons. The van der Waals surface area contributed by atoms with Gasteiger partial charge in [0.05, 0.1) is 24.8 Å². The Morgan fingerprint density at radius 1 is 1.25 bits per heavy atom. The summed E-state index contributed by atoms with van der Waals surface area (Å²) in [6, 6.07) is 0. The van der Waals surface area contributed by atoms with Crippen molar-refractivity contribution in [3.63, 3.8) is 0 Å². The van der Waals surface area contributed by atoms with Gasteiger partial charge in [-0.2, -0.15) is 5.10 Å². The maximum Gasteiger partial charge on any atom is 0.194 e. The van der Waals surface area contributed by atoms with Crippen LogP contribution in [0.3, 0.4) is 0 Å². The third-order valence-corrected chi connectivity index (χ3v) is 3.93. The van der Waals surface area contributed by atoms with E-state index in [2.05, 4.69) is 42.6 Å².